The highest BCUT2D eigenvalue weighted by Crippen LogP contribution is 2.42. The molecule has 2 unspecified atom stereocenters. The van der Waals surface area contributed by atoms with Gasteiger partial charge in [0.05, 0.1) is 24.8 Å². The highest BCUT2D eigenvalue weighted by molar-refractivity contribution is 5.89. The summed E-state index contributed by atoms with van der Waals surface area (Å²) < 4.78 is 10.2. The molecule has 2 atom stereocenters. The molecular formula is C17H23NO4. The van der Waals surface area contributed by atoms with E-state index in [4.69, 9.17) is 9.47 Å². The maximum absolute atomic E-state index is 12.4. The molecule has 1 aromatic carbocycles. The van der Waals surface area contributed by atoms with Gasteiger partial charge in [-0.05, 0) is 57.9 Å². The number of fused-ring (bicyclic) bond motifs is 1. The Morgan fingerprint density at radius 2 is 1.68 bits per heavy atom. The largest absolute Gasteiger partial charge is 0.465 e. The number of methoxy groups -OCH3 is 1. The molecule has 1 aliphatic rings. The second kappa shape index (κ2) is 5.63. The average Bonchev–Trinajstić information content (AvgIpc) is 2.67. The van der Waals surface area contributed by atoms with Crippen LogP contribution >= 0.6 is 0 Å². The fourth-order valence-electron chi connectivity index (χ4n) is 2.83. The second-order valence-corrected chi connectivity index (χ2v) is 6.57. The highest BCUT2D eigenvalue weighted by Gasteiger charge is 2.39. The van der Waals surface area contributed by atoms with Gasteiger partial charge in [0, 0.05) is 0 Å². The summed E-state index contributed by atoms with van der Waals surface area (Å²) in [6.45, 7) is 9.44. The topological polar surface area (TPSA) is 55.8 Å². The van der Waals surface area contributed by atoms with Crippen molar-refractivity contribution >= 4 is 12.1 Å². The lowest BCUT2D eigenvalue weighted by Crippen LogP contribution is -2.36. The maximum atomic E-state index is 12.4. The third kappa shape index (κ3) is 2.93. The fraction of sp³-hybridized carbons (Fsp3) is 0.529. The van der Waals surface area contributed by atoms with Gasteiger partial charge in [0.2, 0.25) is 0 Å². The normalized spacial score (nSPS) is 20.5. The Morgan fingerprint density at radius 1 is 1.09 bits per heavy atom. The molecule has 5 heteroatoms. The number of ether oxygens (including phenoxy) is 2. The maximum Gasteiger partial charge on any atom is 0.411 e. The Morgan fingerprint density at radius 3 is 2.23 bits per heavy atom. The van der Waals surface area contributed by atoms with Crippen LogP contribution in [0.15, 0.2) is 18.2 Å². The standard InChI is InChI=1S/C17H23NO4/c1-10-13-8-7-12(15(19)21-6)9-14(13)11(2)18(10)16(20)22-17(3,4)5/h7-11H,1-6H3. The predicted molar refractivity (Wildman–Crippen MR) is 82.7 cm³/mol. The lowest BCUT2D eigenvalue weighted by molar-refractivity contribution is 0.0125. The van der Waals surface area contributed by atoms with Crippen molar-refractivity contribution in [2.24, 2.45) is 0 Å². The summed E-state index contributed by atoms with van der Waals surface area (Å²) in [5.74, 6) is -0.377. The molecule has 2 rings (SSSR count). The van der Waals surface area contributed by atoms with Crippen LogP contribution < -0.4 is 0 Å². The van der Waals surface area contributed by atoms with Crippen molar-refractivity contribution in [3.8, 4) is 0 Å². The van der Waals surface area contributed by atoms with Crippen molar-refractivity contribution in [2.45, 2.75) is 52.3 Å². The molecule has 1 amide bonds. The first kappa shape index (κ1) is 16.3. The number of carbonyl (C=O) groups excluding carboxylic acids is 2. The summed E-state index contributed by atoms with van der Waals surface area (Å²) in [7, 11) is 1.36. The Kier molecular flexibility index (Phi) is 4.18. The molecule has 22 heavy (non-hydrogen) atoms. The minimum Gasteiger partial charge on any atom is -0.465 e. The van der Waals surface area contributed by atoms with E-state index in [9.17, 15) is 9.59 Å². The van der Waals surface area contributed by atoms with E-state index in [-0.39, 0.29) is 24.1 Å². The van der Waals surface area contributed by atoms with E-state index in [2.05, 4.69) is 0 Å². The molecule has 1 heterocycles. The summed E-state index contributed by atoms with van der Waals surface area (Å²) in [5.41, 5.74) is 1.95. The Labute approximate surface area is 131 Å². The molecule has 0 aromatic heterocycles. The van der Waals surface area contributed by atoms with Crippen LogP contribution in [0.4, 0.5) is 4.79 Å². The van der Waals surface area contributed by atoms with Crippen LogP contribution in [0.1, 0.15) is 68.2 Å². The number of hydrogen-bond acceptors (Lipinski definition) is 4. The van der Waals surface area contributed by atoms with E-state index in [1.807, 2.05) is 40.7 Å². The zero-order valence-corrected chi connectivity index (χ0v) is 14.0. The fourth-order valence-corrected chi connectivity index (χ4v) is 2.83. The van der Waals surface area contributed by atoms with Crippen LogP contribution in [0.3, 0.4) is 0 Å². The molecule has 0 bridgehead atoms. The summed E-state index contributed by atoms with van der Waals surface area (Å²) in [5, 5.41) is 0. The number of hydrogen-bond donors (Lipinski definition) is 0. The highest BCUT2D eigenvalue weighted by atomic mass is 16.6. The van der Waals surface area contributed by atoms with Crippen molar-refractivity contribution in [1.82, 2.24) is 4.90 Å². The van der Waals surface area contributed by atoms with E-state index in [1.54, 1.807) is 17.0 Å². The zero-order chi connectivity index (χ0) is 16.7. The van der Waals surface area contributed by atoms with E-state index in [0.29, 0.717) is 5.56 Å². The number of benzene rings is 1. The first-order valence-corrected chi connectivity index (χ1v) is 7.39. The number of carbonyl (C=O) groups is 2. The van der Waals surface area contributed by atoms with Crippen molar-refractivity contribution in [2.75, 3.05) is 7.11 Å². The molecule has 5 nitrogen and oxygen atoms in total. The molecule has 0 spiro atoms. The van der Waals surface area contributed by atoms with E-state index in [1.165, 1.54) is 7.11 Å². The molecule has 0 radical (unpaired) electrons. The SMILES string of the molecule is COC(=O)c1ccc2c(c1)C(C)N(C(=O)OC(C)(C)C)C2C. The van der Waals surface area contributed by atoms with Gasteiger partial charge in [0.15, 0.2) is 0 Å². The van der Waals surface area contributed by atoms with Crippen molar-refractivity contribution in [3.05, 3.63) is 34.9 Å². The predicted octanol–water partition coefficient (Wildman–Crippen LogP) is 3.85. The zero-order valence-electron chi connectivity index (χ0n) is 14.0. The molecule has 1 aliphatic heterocycles. The Bertz CT molecular complexity index is 603. The molecule has 0 fully saturated rings. The Balaban J connectivity index is 2.32. The van der Waals surface area contributed by atoms with Crippen LogP contribution in [-0.4, -0.2) is 29.7 Å². The summed E-state index contributed by atoms with van der Waals surface area (Å²) in [4.78, 5) is 25.8. The monoisotopic (exact) mass is 305 g/mol. The molecule has 120 valence electrons. The summed E-state index contributed by atoms with van der Waals surface area (Å²) in [6, 6.07) is 5.17. The van der Waals surface area contributed by atoms with Crippen molar-refractivity contribution < 1.29 is 19.1 Å². The van der Waals surface area contributed by atoms with Gasteiger partial charge in [-0.15, -0.1) is 0 Å². The third-order valence-electron chi connectivity index (χ3n) is 3.85. The average molecular weight is 305 g/mol. The number of nitrogens with zero attached hydrogens (tertiary/aromatic N) is 1. The minimum atomic E-state index is -0.539. The second-order valence-electron chi connectivity index (χ2n) is 6.57. The lowest BCUT2D eigenvalue weighted by Gasteiger charge is -2.30. The van der Waals surface area contributed by atoms with E-state index >= 15 is 0 Å². The van der Waals surface area contributed by atoms with Gasteiger partial charge in [-0.3, -0.25) is 4.90 Å². The van der Waals surface area contributed by atoms with Gasteiger partial charge in [-0.25, -0.2) is 9.59 Å². The van der Waals surface area contributed by atoms with Crippen molar-refractivity contribution in [1.29, 1.82) is 0 Å². The number of esters is 1. The molecule has 0 saturated carbocycles. The number of amides is 1. The quantitative estimate of drug-likeness (QED) is 0.740. The van der Waals surface area contributed by atoms with Crippen LogP contribution in [0, 0.1) is 0 Å². The minimum absolute atomic E-state index is 0.0912. The van der Waals surface area contributed by atoms with Gasteiger partial charge < -0.3 is 9.47 Å². The number of rotatable bonds is 1. The molecule has 0 aliphatic carbocycles. The lowest BCUT2D eigenvalue weighted by atomic mass is 10.0. The Hall–Kier alpha value is -2.04. The molecule has 0 saturated heterocycles. The van der Waals surface area contributed by atoms with E-state index in [0.717, 1.165) is 11.1 Å². The van der Waals surface area contributed by atoms with Crippen LogP contribution in [0.2, 0.25) is 0 Å². The smallest absolute Gasteiger partial charge is 0.411 e. The van der Waals surface area contributed by atoms with Gasteiger partial charge in [0.25, 0.3) is 0 Å². The van der Waals surface area contributed by atoms with Gasteiger partial charge in [-0.1, -0.05) is 6.07 Å². The van der Waals surface area contributed by atoms with E-state index < -0.39 is 5.60 Å². The first-order chi connectivity index (χ1) is 10.2. The van der Waals surface area contributed by atoms with Crippen LogP contribution in [0.5, 0.6) is 0 Å². The summed E-state index contributed by atoms with van der Waals surface area (Å²) in [6.07, 6.45) is -0.344. The van der Waals surface area contributed by atoms with Gasteiger partial charge >= 0.3 is 12.1 Å². The molecule has 0 N–H and O–H groups in total. The van der Waals surface area contributed by atoms with Crippen LogP contribution in [0.25, 0.3) is 0 Å². The van der Waals surface area contributed by atoms with Gasteiger partial charge in [0.1, 0.15) is 5.60 Å². The molecule has 1 aromatic rings. The molecular weight excluding hydrogens is 282 g/mol. The first-order valence-electron chi connectivity index (χ1n) is 7.39. The third-order valence-corrected chi connectivity index (χ3v) is 3.85. The van der Waals surface area contributed by atoms with Crippen LogP contribution in [-0.2, 0) is 9.47 Å². The van der Waals surface area contributed by atoms with Crippen molar-refractivity contribution in [3.63, 3.8) is 0 Å². The van der Waals surface area contributed by atoms with Gasteiger partial charge in [-0.2, -0.15) is 0 Å². The summed E-state index contributed by atoms with van der Waals surface area (Å²) >= 11 is 0.